The van der Waals surface area contributed by atoms with E-state index in [1.807, 2.05) is 0 Å². The van der Waals surface area contributed by atoms with Gasteiger partial charge in [-0.15, -0.1) is 12.4 Å². The Balaban J connectivity index is 0.00000121. The van der Waals surface area contributed by atoms with Gasteiger partial charge in [0.1, 0.15) is 5.75 Å². The van der Waals surface area contributed by atoms with Crippen molar-refractivity contribution >= 4 is 30.2 Å². The number of carboxylic acid groups (broad SMARTS) is 1. The average molecular weight is 209 g/mol. The van der Waals surface area contributed by atoms with Crippen molar-refractivity contribution in [2.75, 3.05) is 0 Å². The number of benzene rings is 1. The molecule has 5 heteroatoms. The summed E-state index contributed by atoms with van der Waals surface area (Å²) in [5.41, 5.74) is 0. The van der Waals surface area contributed by atoms with Gasteiger partial charge in [0.25, 0.3) is 0 Å². The lowest BCUT2D eigenvalue weighted by molar-refractivity contribution is 0.144. The maximum atomic E-state index is 10.00. The monoisotopic (exact) mass is 208 g/mol. The molecule has 0 saturated heterocycles. The van der Waals surface area contributed by atoms with Gasteiger partial charge in [-0.2, -0.15) is 0 Å². The molecule has 0 bridgehead atoms. The van der Waals surface area contributed by atoms with Gasteiger partial charge in [-0.1, -0.05) is 11.6 Å². The molecule has 0 saturated carbocycles. The minimum absolute atomic E-state index is 0. The summed E-state index contributed by atoms with van der Waals surface area (Å²) >= 11 is 5.55. The van der Waals surface area contributed by atoms with E-state index in [1.54, 1.807) is 12.1 Å². The number of rotatable bonds is 1. The van der Waals surface area contributed by atoms with Crippen molar-refractivity contribution in [3.05, 3.63) is 29.3 Å². The van der Waals surface area contributed by atoms with E-state index >= 15 is 0 Å². The fourth-order valence-corrected chi connectivity index (χ4v) is 0.729. The summed E-state index contributed by atoms with van der Waals surface area (Å²) in [6, 6.07) is 6.08. The van der Waals surface area contributed by atoms with Crippen LogP contribution in [0.15, 0.2) is 24.3 Å². The molecule has 3 nitrogen and oxygen atoms in total. The molecule has 0 heterocycles. The van der Waals surface area contributed by atoms with Gasteiger partial charge in [-0.25, -0.2) is 4.79 Å². The Hall–Kier alpha value is -0.930. The Kier molecular flexibility index (Phi) is 4.47. The molecule has 1 aromatic rings. The van der Waals surface area contributed by atoms with Crippen LogP contribution in [0.1, 0.15) is 0 Å². The lowest BCUT2D eigenvalue weighted by atomic mass is 10.3. The molecule has 12 heavy (non-hydrogen) atoms. The van der Waals surface area contributed by atoms with Crippen molar-refractivity contribution in [2.24, 2.45) is 0 Å². The van der Waals surface area contributed by atoms with Crippen LogP contribution >= 0.6 is 24.0 Å². The Bertz CT molecular complexity index is 258. The van der Waals surface area contributed by atoms with Crippen molar-refractivity contribution < 1.29 is 14.6 Å². The van der Waals surface area contributed by atoms with Gasteiger partial charge >= 0.3 is 6.16 Å². The van der Waals surface area contributed by atoms with Gasteiger partial charge in [-0.3, -0.25) is 0 Å². The molecule has 0 radical (unpaired) electrons. The molecule has 1 aromatic carbocycles. The van der Waals surface area contributed by atoms with E-state index in [1.165, 1.54) is 12.1 Å². The fourth-order valence-electron chi connectivity index (χ4n) is 0.603. The Morgan fingerprint density at radius 2 is 1.83 bits per heavy atom. The second-order valence-corrected chi connectivity index (χ2v) is 2.26. The summed E-state index contributed by atoms with van der Waals surface area (Å²) in [5.74, 6) is 0.266. The lowest BCUT2D eigenvalue weighted by Crippen LogP contribution is -2.02. The predicted octanol–water partition coefficient (Wildman–Crippen LogP) is 2.82. The molecular formula is C7H6Cl2O3. The van der Waals surface area contributed by atoms with E-state index in [2.05, 4.69) is 4.74 Å². The predicted molar refractivity (Wildman–Crippen MR) is 47.4 cm³/mol. The van der Waals surface area contributed by atoms with E-state index in [4.69, 9.17) is 16.7 Å². The number of halogens is 2. The molecule has 0 spiro atoms. The highest BCUT2D eigenvalue weighted by atomic mass is 35.5. The molecule has 0 unspecified atom stereocenters. The maximum Gasteiger partial charge on any atom is 0.511 e. The van der Waals surface area contributed by atoms with Crippen molar-refractivity contribution in [1.82, 2.24) is 0 Å². The van der Waals surface area contributed by atoms with E-state index in [9.17, 15) is 4.79 Å². The van der Waals surface area contributed by atoms with Crippen LogP contribution in [0.25, 0.3) is 0 Å². The first-order valence-corrected chi connectivity index (χ1v) is 3.22. The van der Waals surface area contributed by atoms with Gasteiger partial charge in [-0.05, 0) is 24.3 Å². The Morgan fingerprint density at radius 3 is 2.25 bits per heavy atom. The lowest BCUT2D eigenvalue weighted by Gasteiger charge is -1.97. The summed E-state index contributed by atoms with van der Waals surface area (Å²) in [6.45, 7) is 0. The molecule has 0 fully saturated rings. The third-order valence-electron chi connectivity index (χ3n) is 1.02. The number of ether oxygens (including phenoxy) is 1. The number of hydrogen-bond acceptors (Lipinski definition) is 2. The molecule has 0 aliphatic rings. The van der Waals surface area contributed by atoms with Crippen LogP contribution in [-0.2, 0) is 0 Å². The average Bonchev–Trinajstić information content (AvgIpc) is 1.93. The van der Waals surface area contributed by atoms with Crippen molar-refractivity contribution in [1.29, 1.82) is 0 Å². The van der Waals surface area contributed by atoms with Crippen LogP contribution in [0.3, 0.4) is 0 Å². The van der Waals surface area contributed by atoms with Crippen LogP contribution in [-0.4, -0.2) is 11.3 Å². The molecule has 0 aliphatic heterocycles. The molecule has 1 rings (SSSR count). The topological polar surface area (TPSA) is 46.5 Å². The van der Waals surface area contributed by atoms with E-state index < -0.39 is 6.16 Å². The van der Waals surface area contributed by atoms with E-state index in [0.717, 1.165) is 0 Å². The second kappa shape index (κ2) is 4.85. The normalized spacial score (nSPS) is 8.42. The molecule has 0 aromatic heterocycles. The molecule has 1 N–H and O–H groups in total. The SMILES string of the molecule is Cl.O=C(O)Oc1ccc(Cl)cc1. The highest BCUT2D eigenvalue weighted by Crippen LogP contribution is 2.15. The van der Waals surface area contributed by atoms with Crippen LogP contribution < -0.4 is 4.74 Å². The summed E-state index contributed by atoms with van der Waals surface area (Å²) in [4.78, 5) is 10.00. The van der Waals surface area contributed by atoms with Crippen LogP contribution in [0.5, 0.6) is 5.75 Å². The highest BCUT2D eigenvalue weighted by Gasteiger charge is 1.98. The zero-order valence-corrected chi connectivity index (χ0v) is 7.43. The van der Waals surface area contributed by atoms with Crippen LogP contribution in [0.4, 0.5) is 4.79 Å². The Morgan fingerprint density at radius 1 is 1.33 bits per heavy atom. The van der Waals surface area contributed by atoms with Crippen molar-refractivity contribution in [3.8, 4) is 5.75 Å². The van der Waals surface area contributed by atoms with Crippen molar-refractivity contribution in [3.63, 3.8) is 0 Å². The molecule has 66 valence electrons. The first-order valence-electron chi connectivity index (χ1n) is 2.85. The standard InChI is InChI=1S/C7H5ClO3.ClH/c8-5-1-3-6(4-2-5)11-7(9)10;/h1-4H,(H,9,10);1H. The van der Waals surface area contributed by atoms with Gasteiger partial charge < -0.3 is 9.84 Å². The maximum absolute atomic E-state index is 10.00. The molecule has 0 amide bonds. The van der Waals surface area contributed by atoms with Gasteiger partial charge in [0, 0.05) is 5.02 Å². The van der Waals surface area contributed by atoms with Crippen LogP contribution in [0.2, 0.25) is 5.02 Å². The minimum atomic E-state index is -1.33. The van der Waals surface area contributed by atoms with Crippen LogP contribution in [0, 0.1) is 0 Å². The van der Waals surface area contributed by atoms with Gasteiger partial charge in [0.05, 0.1) is 0 Å². The first-order chi connectivity index (χ1) is 5.18. The minimum Gasteiger partial charge on any atom is -0.449 e. The number of carbonyl (C=O) groups is 1. The second-order valence-electron chi connectivity index (χ2n) is 1.82. The summed E-state index contributed by atoms with van der Waals surface area (Å²) in [7, 11) is 0. The first kappa shape index (κ1) is 11.1. The quantitative estimate of drug-likeness (QED) is 0.571. The summed E-state index contributed by atoms with van der Waals surface area (Å²) in [6.07, 6.45) is -1.33. The van der Waals surface area contributed by atoms with E-state index in [-0.39, 0.29) is 18.2 Å². The largest absolute Gasteiger partial charge is 0.511 e. The fraction of sp³-hybridized carbons (Fsp3) is 0. The van der Waals surface area contributed by atoms with Gasteiger partial charge in [0.15, 0.2) is 0 Å². The van der Waals surface area contributed by atoms with Gasteiger partial charge in [0.2, 0.25) is 0 Å². The molecule has 0 atom stereocenters. The van der Waals surface area contributed by atoms with E-state index in [0.29, 0.717) is 5.02 Å². The summed E-state index contributed by atoms with van der Waals surface area (Å²) < 4.78 is 4.33. The highest BCUT2D eigenvalue weighted by molar-refractivity contribution is 6.30. The molecule has 0 aliphatic carbocycles. The van der Waals surface area contributed by atoms with Crippen molar-refractivity contribution in [2.45, 2.75) is 0 Å². The number of hydrogen-bond donors (Lipinski definition) is 1. The third kappa shape index (κ3) is 3.46. The molecular weight excluding hydrogens is 203 g/mol. The smallest absolute Gasteiger partial charge is 0.449 e. The third-order valence-corrected chi connectivity index (χ3v) is 1.27. The zero-order chi connectivity index (χ0) is 8.27. The zero-order valence-electron chi connectivity index (χ0n) is 5.86. The Labute approximate surface area is 80.3 Å². The summed E-state index contributed by atoms with van der Waals surface area (Å²) in [5, 5.41) is 8.73.